The van der Waals surface area contributed by atoms with Crippen LogP contribution in [0, 0.1) is 5.92 Å². The van der Waals surface area contributed by atoms with Gasteiger partial charge in [0.05, 0.1) is 11.4 Å². The lowest BCUT2D eigenvalue weighted by Crippen LogP contribution is -2.12. The summed E-state index contributed by atoms with van der Waals surface area (Å²) in [5, 5.41) is 30.0. The first-order valence-electron chi connectivity index (χ1n) is 7.84. The first kappa shape index (κ1) is 15.1. The number of rotatable bonds is 4. The van der Waals surface area contributed by atoms with E-state index in [1.165, 1.54) is 6.39 Å². The van der Waals surface area contributed by atoms with Crippen LogP contribution in [0.2, 0.25) is 0 Å². The van der Waals surface area contributed by atoms with Gasteiger partial charge in [-0.15, -0.1) is 20.4 Å². The molecule has 1 aliphatic carbocycles. The Morgan fingerprint density at radius 2 is 2.32 bits per heavy atom. The van der Waals surface area contributed by atoms with E-state index in [9.17, 15) is 5.11 Å². The Kier molecular flexibility index (Phi) is 3.77. The number of aromatic amines is 1. The van der Waals surface area contributed by atoms with Gasteiger partial charge in [-0.2, -0.15) is 0 Å². The molecule has 0 saturated carbocycles. The third kappa shape index (κ3) is 2.89. The van der Waals surface area contributed by atoms with Crippen molar-refractivity contribution in [3.63, 3.8) is 0 Å². The molecule has 0 aliphatic heterocycles. The van der Waals surface area contributed by atoms with Crippen molar-refractivity contribution in [2.75, 3.05) is 5.32 Å². The number of aliphatic hydroxyl groups excluding tert-OH is 1. The number of nitrogens with zero attached hydrogens (tertiary/aromatic N) is 4. The van der Waals surface area contributed by atoms with Gasteiger partial charge in [-0.25, -0.2) is 0 Å². The Morgan fingerprint density at radius 1 is 1.40 bits per heavy atom. The lowest BCUT2D eigenvalue weighted by molar-refractivity contribution is 0.409. The summed E-state index contributed by atoms with van der Waals surface area (Å²) in [6.07, 6.45) is 11.8. The lowest BCUT2D eigenvalue weighted by atomic mass is 9.97. The molecular weight excluding hydrogens is 320 g/mol. The van der Waals surface area contributed by atoms with Crippen molar-refractivity contribution in [2.45, 2.75) is 13.3 Å². The van der Waals surface area contributed by atoms with E-state index >= 15 is 0 Å². The molecule has 3 N–H and O–H groups in total. The second-order valence-electron chi connectivity index (χ2n) is 5.69. The van der Waals surface area contributed by atoms with Gasteiger partial charge in [0, 0.05) is 23.2 Å². The predicted molar refractivity (Wildman–Crippen MR) is 92.5 cm³/mol. The smallest absolute Gasteiger partial charge is 0.270 e. The zero-order valence-electron chi connectivity index (χ0n) is 13.5. The average molecular weight is 336 g/mol. The maximum Gasteiger partial charge on any atom is 0.270 e. The molecule has 0 unspecified atom stereocenters. The van der Waals surface area contributed by atoms with Crippen LogP contribution in [0.1, 0.15) is 13.3 Å². The number of anilines is 1. The summed E-state index contributed by atoms with van der Waals surface area (Å²) >= 11 is 0. The average Bonchev–Trinajstić information content (AvgIpc) is 3.27. The van der Waals surface area contributed by atoms with Gasteiger partial charge in [0.25, 0.3) is 5.89 Å². The first-order chi connectivity index (χ1) is 12.2. The van der Waals surface area contributed by atoms with E-state index in [1.807, 2.05) is 12.1 Å². The highest BCUT2D eigenvalue weighted by Crippen LogP contribution is 2.33. The van der Waals surface area contributed by atoms with E-state index in [1.54, 1.807) is 19.2 Å². The molecule has 8 nitrogen and oxygen atoms in total. The van der Waals surface area contributed by atoms with Gasteiger partial charge in [-0.1, -0.05) is 18.2 Å². The normalized spacial score (nSPS) is 17.7. The van der Waals surface area contributed by atoms with Crippen LogP contribution in [0.15, 0.2) is 58.8 Å². The highest BCUT2D eigenvalue weighted by atomic mass is 16.4. The van der Waals surface area contributed by atoms with Crippen LogP contribution in [-0.4, -0.2) is 30.5 Å². The van der Waals surface area contributed by atoms with Crippen LogP contribution in [0.3, 0.4) is 0 Å². The van der Waals surface area contributed by atoms with Crippen molar-refractivity contribution < 1.29 is 9.52 Å². The number of hydrogen-bond acceptors (Lipinski definition) is 7. The summed E-state index contributed by atoms with van der Waals surface area (Å²) in [4.78, 5) is 3.05. The van der Waals surface area contributed by atoms with Crippen molar-refractivity contribution >= 4 is 16.7 Å². The van der Waals surface area contributed by atoms with E-state index in [2.05, 4.69) is 42.8 Å². The van der Waals surface area contributed by atoms with Crippen LogP contribution >= 0.6 is 0 Å². The van der Waals surface area contributed by atoms with E-state index in [0.29, 0.717) is 11.3 Å². The molecule has 126 valence electrons. The summed E-state index contributed by atoms with van der Waals surface area (Å²) in [6, 6.07) is 1.91. The van der Waals surface area contributed by atoms with E-state index < -0.39 is 0 Å². The highest BCUT2D eigenvalue weighted by Gasteiger charge is 2.20. The second-order valence-corrected chi connectivity index (χ2v) is 5.69. The monoisotopic (exact) mass is 336 g/mol. The van der Waals surface area contributed by atoms with E-state index in [0.717, 1.165) is 23.2 Å². The molecule has 3 heterocycles. The zero-order chi connectivity index (χ0) is 17.2. The van der Waals surface area contributed by atoms with Gasteiger partial charge in [-0.3, -0.25) is 0 Å². The molecule has 3 aromatic heterocycles. The molecule has 0 amide bonds. The van der Waals surface area contributed by atoms with Crippen molar-refractivity contribution in [3.05, 3.63) is 54.4 Å². The molecule has 8 heteroatoms. The molecule has 0 fully saturated rings. The molecule has 25 heavy (non-hydrogen) atoms. The SMILES string of the molecule is C/C(O)=C\[C@H]1C=CCC=C1Nc1c(-c2nnco2)nnc2[nH]ccc12. The van der Waals surface area contributed by atoms with Crippen molar-refractivity contribution in [1.82, 2.24) is 25.4 Å². The fourth-order valence-corrected chi connectivity index (χ4v) is 2.82. The van der Waals surface area contributed by atoms with Crippen molar-refractivity contribution in [2.24, 2.45) is 5.92 Å². The first-order valence-corrected chi connectivity index (χ1v) is 7.84. The molecule has 0 aromatic carbocycles. The molecule has 4 rings (SSSR count). The highest BCUT2D eigenvalue weighted by molar-refractivity contribution is 5.96. The van der Waals surface area contributed by atoms with Crippen LogP contribution in [0.25, 0.3) is 22.6 Å². The standard InChI is InChI=1S/C17H16N6O2/c1-10(24)8-11-4-2-3-5-13(11)20-14-12-6-7-18-16(12)22-21-15(14)17-23-19-9-25-17/h2,4-9,11,24H,3H2,1H3,(H2,18,20,22)/b10-8+/t11-/m1/s1. The summed E-state index contributed by atoms with van der Waals surface area (Å²) in [6.45, 7) is 1.66. The van der Waals surface area contributed by atoms with Crippen LogP contribution in [0.4, 0.5) is 5.69 Å². The predicted octanol–water partition coefficient (Wildman–Crippen LogP) is 3.34. The third-order valence-corrected chi connectivity index (χ3v) is 3.91. The number of allylic oxidation sites excluding steroid dienone is 4. The number of aromatic nitrogens is 5. The summed E-state index contributed by atoms with van der Waals surface area (Å²) in [5.41, 5.74) is 2.80. The molecule has 0 spiro atoms. The molecule has 1 aliphatic rings. The van der Waals surface area contributed by atoms with Crippen molar-refractivity contribution in [1.29, 1.82) is 0 Å². The van der Waals surface area contributed by atoms with Gasteiger partial charge in [0.15, 0.2) is 11.3 Å². The van der Waals surface area contributed by atoms with Gasteiger partial charge < -0.3 is 19.8 Å². The Morgan fingerprint density at radius 3 is 3.12 bits per heavy atom. The van der Waals surface area contributed by atoms with Gasteiger partial charge in [0.2, 0.25) is 6.39 Å². The van der Waals surface area contributed by atoms with E-state index in [4.69, 9.17) is 4.42 Å². The second kappa shape index (κ2) is 6.23. The fraction of sp³-hybridized carbons (Fsp3) is 0.176. The Labute approximate surface area is 143 Å². The van der Waals surface area contributed by atoms with Gasteiger partial charge in [0.1, 0.15) is 0 Å². The molecule has 1 atom stereocenters. The topological polar surface area (TPSA) is 113 Å². The summed E-state index contributed by atoms with van der Waals surface area (Å²) < 4.78 is 5.31. The maximum absolute atomic E-state index is 9.64. The zero-order valence-corrected chi connectivity index (χ0v) is 13.5. The third-order valence-electron chi connectivity index (χ3n) is 3.91. The van der Waals surface area contributed by atoms with Gasteiger partial charge in [-0.05, 0) is 25.5 Å². The number of aliphatic hydroxyl groups is 1. The van der Waals surface area contributed by atoms with Crippen LogP contribution in [0.5, 0.6) is 0 Å². The molecule has 3 aromatic rings. The number of hydrogen-bond donors (Lipinski definition) is 3. The largest absolute Gasteiger partial charge is 0.513 e. The Hall–Kier alpha value is -3.42. The summed E-state index contributed by atoms with van der Waals surface area (Å²) in [7, 11) is 0. The number of fused-ring (bicyclic) bond motifs is 1. The van der Waals surface area contributed by atoms with E-state index in [-0.39, 0.29) is 17.6 Å². The Bertz CT molecular complexity index is 980. The van der Waals surface area contributed by atoms with Crippen LogP contribution in [-0.2, 0) is 0 Å². The summed E-state index contributed by atoms with van der Waals surface area (Å²) in [5.74, 6) is 0.493. The minimum absolute atomic E-state index is 0.0588. The molecular formula is C17H16N6O2. The van der Waals surface area contributed by atoms with Gasteiger partial charge >= 0.3 is 0 Å². The quantitative estimate of drug-likeness (QED) is 0.494. The molecule has 0 bridgehead atoms. The maximum atomic E-state index is 9.64. The number of H-pyrrole nitrogens is 1. The molecule has 0 radical (unpaired) electrons. The van der Waals surface area contributed by atoms with Crippen LogP contribution < -0.4 is 5.32 Å². The fourth-order valence-electron chi connectivity index (χ4n) is 2.82. The number of nitrogens with one attached hydrogen (secondary N) is 2. The lowest BCUT2D eigenvalue weighted by Gasteiger charge is -2.20. The van der Waals surface area contributed by atoms with Crippen molar-refractivity contribution in [3.8, 4) is 11.6 Å². The minimum Gasteiger partial charge on any atom is -0.513 e. The Balaban J connectivity index is 1.80. The minimum atomic E-state index is -0.0588. The molecule has 0 saturated heterocycles.